The van der Waals surface area contributed by atoms with Crippen LogP contribution in [-0.2, 0) is 25.6 Å². The first-order valence-electron chi connectivity index (χ1n) is 11.7. The van der Waals surface area contributed by atoms with Gasteiger partial charge in [0, 0.05) is 6.42 Å². The van der Waals surface area contributed by atoms with Crippen LogP contribution in [0.3, 0.4) is 0 Å². The molecule has 1 aliphatic rings. The zero-order chi connectivity index (χ0) is 25.4. The van der Waals surface area contributed by atoms with Crippen LogP contribution in [0, 0.1) is 5.41 Å². The zero-order valence-corrected chi connectivity index (χ0v) is 21.1. The van der Waals surface area contributed by atoms with E-state index < -0.39 is 17.4 Å². The van der Waals surface area contributed by atoms with E-state index in [2.05, 4.69) is 10.5 Å². The van der Waals surface area contributed by atoms with Crippen LogP contribution in [0.5, 0.6) is 11.5 Å². The molecule has 1 saturated carbocycles. The molecule has 0 saturated heterocycles. The molecule has 0 unspecified atom stereocenters. The van der Waals surface area contributed by atoms with E-state index >= 15 is 0 Å². The minimum atomic E-state index is -0.827. The molecule has 0 aromatic heterocycles. The molecular formula is C27H34N2O6. The summed E-state index contributed by atoms with van der Waals surface area (Å²) in [5.74, 6) is 0.681. The van der Waals surface area contributed by atoms with Crippen molar-refractivity contribution in [2.75, 3.05) is 28.4 Å². The molecule has 8 nitrogen and oxygen atoms in total. The van der Waals surface area contributed by atoms with Gasteiger partial charge in [-0.3, -0.25) is 4.79 Å². The lowest BCUT2D eigenvalue weighted by molar-refractivity contribution is -0.146. The van der Waals surface area contributed by atoms with Crippen molar-refractivity contribution in [3.63, 3.8) is 0 Å². The Kier molecular flexibility index (Phi) is 8.73. The quantitative estimate of drug-likeness (QED) is 0.311. The zero-order valence-electron chi connectivity index (χ0n) is 21.1. The SMILES string of the molecule is CON=C(C)C1(C(=O)N[C@@H](Cc2ccc(-c3c(OC)cccc3OC)cc2)C(=O)OC)CCCC1. The summed E-state index contributed by atoms with van der Waals surface area (Å²) < 4.78 is 16.0. The fourth-order valence-electron chi connectivity index (χ4n) is 4.77. The Balaban J connectivity index is 1.83. The smallest absolute Gasteiger partial charge is 0.328 e. The van der Waals surface area contributed by atoms with Crippen LogP contribution in [0.4, 0.5) is 0 Å². The molecular weight excluding hydrogens is 448 g/mol. The summed E-state index contributed by atoms with van der Waals surface area (Å²) in [5, 5.41) is 6.97. The first-order chi connectivity index (χ1) is 16.9. The van der Waals surface area contributed by atoms with Crippen LogP contribution in [0.25, 0.3) is 11.1 Å². The average Bonchev–Trinajstić information content (AvgIpc) is 3.39. The van der Waals surface area contributed by atoms with Crippen molar-refractivity contribution < 1.29 is 28.6 Å². The van der Waals surface area contributed by atoms with Crippen molar-refractivity contribution in [1.82, 2.24) is 5.32 Å². The largest absolute Gasteiger partial charge is 0.496 e. The average molecular weight is 483 g/mol. The van der Waals surface area contributed by atoms with Crippen LogP contribution in [0.15, 0.2) is 47.6 Å². The van der Waals surface area contributed by atoms with Crippen LogP contribution < -0.4 is 14.8 Å². The van der Waals surface area contributed by atoms with Gasteiger partial charge in [0.1, 0.15) is 24.7 Å². The molecule has 1 aliphatic carbocycles. The molecule has 0 heterocycles. The summed E-state index contributed by atoms with van der Waals surface area (Å²) in [5.41, 5.74) is 2.48. The van der Waals surface area contributed by atoms with Crippen LogP contribution in [0.1, 0.15) is 38.2 Å². The first-order valence-corrected chi connectivity index (χ1v) is 11.7. The molecule has 35 heavy (non-hydrogen) atoms. The van der Waals surface area contributed by atoms with E-state index in [0.29, 0.717) is 30.1 Å². The van der Waals surface area contributed by atoms with Gasteiger partial charge in [0.15, 0.2) is 0 Å². The number of hydrogen-bond donors (Lipinski definition) is 1. The summed E-state index contributed by atoms with van der Waals surface area (Å²) in [4.78, 5) is 30.9. The lowest BCUT2D eigenvalue weighted by Gasteiger charge is -2.29. The van der Waals surface area contributed by atoms with E-state index in [-0.39, 0.29) is 12.3 Å². The second kappa shape index (κ2) is 11.7. The van der Waals surface area contributed by atoms with Crippen molar-refractivity contribution in [2.45, 2.75) is 45.1 Å². The summed E-state index contributed by atoms with van der Waals surface area (Å²) in [7, 11) is 6.02. The molecule has 0 aliphatic heterocycles. The molecule has 8 heteroatoms. The van der Waals surface area contributed by atoms with Crippen LogP contribution in [0.2, 0.25) is 0 Å². The van der Waals surface area contributed by atoms with Crippen molar-refractivity contribution in [1.29, 1.82) is 0 Å². The molecule has 2 aromatic carbocycles. The number of hydrogen-bond acceptors (Lipinski definition) is 7. The maximum Gasteiger partial charge on any atom is 0.328 e. The highest BCUT2D eigenvalue weighted by molar-refractivity contribution is 6.08. The van der Waals surface area contributed by atoms with E-state index in [4.69, 9.17) is 19.0 Å². The highest BCUT2D eigenvalue weighted by atomic mass is 16.6. The number of amides is 1. The van der Waals surface area contributed by atoms with Crippen molar-refractivity contribution in [2.24, 2.45) is 10.6 Å². The Morgan fingerprint density at radius 2 is 1.57 bits per heavy atom. The summed E-state index contributed by atoms with van der Waals surface area (Å²) in [6.45, 7) is 1.80. The van der Waals surface area contributed by atoms with Crippen LogP contribution in [-0.4, -0.2) is 52.1 Å². The van der Waals surface area contributed by atoms with Gasteiger partial charge >= 0.3 is 5.97 Å². The molecule has 3 rings (SSSR count). The molecule has 0 spiro atoms. The van der Waals surface area contributed by atoms with E-state index in [9.17, 15) is 9.59 Å². The number of benzene rings is 2. The maximum atomic E-state index is 13.4. The van der Waals surface area contributed by atoms with Crippen molar-refractivity contribution in [3.8, 4) is 22.6 Å². The van der Waals surface area contributed by atoms with Gasteiger partial charge in [-0.25, -0.2) is 4.79 Å². The van der Waals surface area contributed by atoms with E-state index in [1.54, 1.807) is 21.1 Å². The van der Waals surface area contributed by atoms with Gasteiger partial charge in [0.25, 0.3) is 0 Å². The molecule has 1 N–H and O–H groups in total. The lowest BCUT2D eigenvalue weighted by atomic mass is 9.80. The number of methoxy groups -OCH3 is 3. The monoisotopic (exact) mass is 482 g/mol. The molecule has 0 radical (unpaired) electrons. The number of nitrogens with one attached hydrogen (secondary N) is 1. The fraction of sp³-hybridized carbons (Fsp3) is 0.444. The Hall–Kier alpha value is -3.55. The van der Waals surface area contributed by atoms with Gasteiger partial charge < -0.3 is 24.4 Å². The number of rotatable bonds is 10. The topological polar surface area (TPSA) is 95.5 Å². The highest BCUT2D eigenvalue weighted by Gasteiger charge is 2.45. The Bertz CT molecular complexity index is 1040. The molecule has 1 amide bonds. The molecule has 188 valence electrons. The van der Waals surface area contributed by atoms with Gasteiger partial charge in [0.2, 0.25) is 5.91 Å². The molecule has 1 fully saturated rings. The minimum absolute atomic E-state index is 0.223. The van der Waals surface area contributed by atoms with Crippen LogP contribution >= 0.6 is 0 Å². The second-order valence-corrected chi connectivity index (χ2v) is 8.64. The first kappa shape index (κ1) is 26.1. The van der Waals surface area contributed by atoms with Crippen molar-refractivity contribution in [3.05, 3.63) is 48.0 Å². The van der Waals surface area contributed by atoms with Gasteiger partial charge in [0.05, 0.1) is 38.0 Å². The lowest BCUT2D eigenvalue weighted by Crippen LogP contribution is -2.51. The van der Waals surface area contributed by atoms with E-state index in [1.807, 2.05) is 42.5 Å². The van der Waals surface area contributed by atoms with Gasteiger partial charge in [-0.15, -0.1) is 0 Å². The standard InChI is InChI=1S/C27H34N2O6/c1-18(29-35-5)27(15-6-7-16-27)26(31)28-21(25(30)34-4)17-19-11-13-20(14-12-19)24-22(32-2)9-8-10-23(24)33-3/h8-14,21H,6-7,15-17H2,1-5H3,(H,28,31)/t21-/m0/s1. The molecule has 1 atom stereocenters. The third-order valence-corrected chi connectivity index (χ3v) is 6.71. The van der Waals surface area contributed by atoms with Gasteiger partial charge in [-0.2, -0.15) is 0 Å². The third kappa shape index (κ3) is 5.58. The Labute approximate surface area is 206 Å². The number of ether oxygens (including phenoxy) is 3. The Morgan fingerprint density at radius 3 is 2.09 bits per heavy atom. The van der Waals surface area contributed by atoms with Gasteiger partial charge in [-0.1, -0.05) is 48.3 Å². The normalized spacial score (nSPS) is 15.7. The van der Waals surface area contributed by atoms with Gasteiger partial charge in [-0.05, 0) is 43.0 Å². The fourth-order valence-corrected chi connectivity index (χ4v) is 4.77. The number of esters is 1. The summed E-state index contributed by atoms with van der Waals surface area (Å²) >= 11 is 0. The summed E-state index contributed by atoms with van der Waals surface area (Å²) in [6.07, 6.45) is 3.46. The minimum Gasteiger partial charge on any atom is -0.496 e. The predicted molar refractivity (Wildman–Crippen MR) is 134 cm³/mol. The number of oxime groups is 1. The van der Waals surface area contributed by atoms with Crippen molar-refractivity contribution >= 4 is 17.6 Å². The predicted octanol–water partition coefficient (Wildman–Crippen LogP) is 4.15. The maximum absolute atomic E-state index is 13.4. The number of carbonyl (C=O) groups is 2. The number of nitrogens with zero attached hydrogens (tertiary/aromatic N) is 1. The highest BCUT2D eigenvalue weighted by Crippen LogP contribution is 2.40. The molecule has 2 aromatic rings. The molecule has 0 bridgehead atoms. The van der Waals surface area contributed by atoms with E-state index in [1.165, 1.54) is 14.2 Å². The van der Waals surface area contributed by atoms with E-state index in [0.717, 1.165) is 29.5 Å². The Morgan fingerprint density at radius 1 is 0.971 bits per heavy atom. The third-order valence-electron chi connectivity index (χ3n) is 6.71. The number of carbonyl (C=O) groups excluding carboxylic acids is 2. The summed E-state index contributed by atoms with van der Waals surface area (Å²) in [6, 6.07) is 12.5. The second-order valence-electron chi connectivity index (χ2n) is 8.64.